The van der Waals surface area contributed by atoms with Gasteiger partial charge in [0.15, 0.2) is 0 Å². The third-order valence-corrected chi connectivity index (χ3v) is 6.33. The van der Waals surface area contributed by atoms with Crippen LogP contribution in [0, 0.1) is 6.92 Å². The standard InChI is InChI=1S/C34H31NO4/c1-25-7-11-28(12-8-25)35(29-13-9-27(10-14-29)26-5-3-2-4-6-26)30-15-17-33(18-16-30)39-34-21-19-32(20-22-34)38-24-31(37)23-36/h2-22,31,36-37H,23-24H2,1H3. The minimum absolute atomic E-state index is 0.0324. The maximum absolute atomic E-state index is 9.44. The molecule has 1 atom stereocenters. The lowest BCUT2D eigenvalue weighted by molar-refractivity contribution is 0.0536. The Bertz CT molecular complexity index is 1450. The molecule has 0 aliphatic heterocycles. The van der Waals surface area contributed by atoms with Gasteiger partial charge in [-0.15, -0.1) is 0 Å². The summed E-state index contributed by atoms with van der Waals surface area (Å²) < 4.78 is 11.5. The first-order valence-electron chi connectivity index (χ1n) is 12.9. The summed E-state index contributed by atoms with van der Waals surface area (Å²) in [6.45, 7) is 1.79. The van der Waals surface area contributed by atoms with Crippen molar-refractivity contribution in [1.29, 1.82) is 0 Å². The second kappa shape index (κ2) is 12.3. The molecule has 0 aliphatic carbocycles. The van der Waals surface area contributed by atoms with Gasteiger partial charge in [0.1, 0.15) is 30.0 Å². The summed E-state index contributed by atoms with van der Waals surface area (Å²) in [5, 5.41) is 18.4. The van der Waals surface area contributed by atoms with Gasteiger partial charge in [0, 0.05) is 17.1 Å². The van der Waals surface area contributed by atoms with Crippen molar-refractivity contribution in [1.82, 2.24) is 0 Å². The highest BCUT2D eigenvalue weighted by Crippen LogP contribution is 2.37. The van der Waals surface area contributed by atoms with Crippen LogP contribution in [0.25, 0.3) is 11.1 Å². The number of nitrogens with zero attached hydrogens (tertiary/aromatic N) is 1. The van der Waals surface area contributed by atoms with Crippen molar-refractivity contribution in [2.45, 2.75) is 13.0 Å². The van der Waals surface area contributed by atoms with Gasteiger partial charge in [-0.2, -0.15) is 0 Å². The van der Waals surface area contributed by atoms with Gasteiger partial charge in [-0.1, -0.05) is 60.2 Å². The van der Waals surface area contributed by atoms with Crippen LogP contribution in [-0.2, 0) is 0 Å². The van der Waals surface area contributed by atoms with E-state index in [4.69, 9.17) is 14.6 Å². The van der Waals surface area contributed by atoms with Crippen LogP contribution in [0.1, 0.15) is 5.56 Å². The molecule has 1 unspecified atom stereocenters. The molecule has 2 N–H and O–H groups in total. The zero-order valence-electron chi connectivity index (χ0n) is 21.8. The summed E-state index contributed by atoms with van der Waals surface area (Å²) in [7, 11) is 0. The fourth-order valence-corrected chi connectivity index (χ4v) is 4.22. The van der Waals surface area contributed by atoms with Gasteiger partial charge in [0.2, 0.25) is 0 Å². The summed E-state index contributed by atoms with van der Waals surface area (Å²) in [6, 6.07) is 42.7. The molecular weight excluding hydrogens is 486 g/mol. The lowest BCUT2D eigenvalue weighted by atomic mass is 10.0. The number of aliphatic hydroxyl groups excluding tert-OH is 2. The van der Waals surface area contributed by atoms with E-state index in [9.17, 15) is 5.11 Å². The van der Waals surface area contributed by atoms with E-state index in [2.05, 4.69) is 84.6 Å². The van der Waals surface area contributed by atoms with E-state index < -0.39 is 6.10 Å². The maximum atomic E-state index is 9.44. The second-order valence-corrected chi connectivity index (χ2v) is 9.30. The molecule has 0 fully saturated rings. The Morgan fingerprint density at radius 1 is 0.590 bits per heavy atom. The van der Waals surface area contributed by atoms with Gasteiger partial charge in [0.25, 0.3) is 0 Å². The first-order valence-corrected chi connectivity index (χ1v) is 12.9. The number of benzene rings is 5. The zero-order valence-corrected chi connectivity index (χ0v) is 21.8. The molecular formula is C34H31NO4. The van der Waals surface area contributed by atoms with E-state index in [0.717, 1.165) is 17.1 Å². The molecule has 0 spiro atoms. The monoisotopic (exact) mass is 517 g/mol. The quantitative estimate of drug-likeness (QED) is 0.199. The highest BCUT2D eigenvalue weighted by Gasteiger charge is 2.13. The molecule has 196 valence electrons. The van der Waals surface area contributed by atoms with Crippen LogP contribution in [0.3, 0.4) is 0 Å². The van der Waals surface area contributed by atoms with Crippen molar-refractivity contribution >= 4 is 17.1 Å². The normalized spacial score (nSPS) is 11.6. The third-order valence-electron chi connectivity index (χ3n) is 6.33. The van der Waals surface area contributed by atoms with Crippen LogP contribution >= 0.6 is 0 Å². The lowest BCUT2D eigenvalue weighted by Crippen LogP contribution is -2.21. The number of aryl methyl sites for hydroxylation is 1. The van der Waals surface area contributed by atoms with Crippen molar-refractivity contribution in [2.75, 3.05) is 18.1 Å². The first-order chi connectivity index (χ1) is 19.1. The highest BCUT2D eigenvalue weighted by molar-refractivity contribution is 5.78. The van der Waals surface area contributed by atoms with Crippen molar-refractivity contribution in [2.24, 2.45) is 0 Å². The Morgan fingerprint density at radius 2 is 1.05 bits per heavy atom. The fraction of sp³-hybridized carbons (Fsp3) is 0.118. The van der Waals surface area contributed by atoms with E-state index in [1.54, 1.807) is 12.1 Å². The first kappa shape index (κ1) is 26.0. The molecule has 5 nitrogen and oxygen atoms in total. The maximum Gasteiger partial charge on any atom is 0.127 e. The molecule has 5 heteroatoms. The predicted octanol–water partition coefficient (Wildman–Crippen LogP) is 7.66. The van der Waals surface area contributed by atoms with Crippen LogP contribution < -0.4 is 14.4 Å². The number of ether oxygens (including phenoxy) is 2. The molecule has 0 amide bonds. The van der Waals surface area contributed by atoms with Gasteiger partial charge in [-0.05, 0) is 90.8 Å². The van der Waals surface area contributed by atoms with Crippen molar-refractivity contribution in [3.63, 3.8) is 0 Å². The molecule has 0 aromatic heterocycles. The Labute approximate surface area is 229 Å². The van der Waals surface area contributed by atoms with Gasteiger partial charge >= 0.3 is 0 Å². The Hall–Kier alpha value is -4.58. The lowest BCUT2D eigenvalue weighted by Gasteiger charge is -2.26. The molecule has 0 saturated carbocycles. The molecule has 0 bridgehead atoms. The number of anilines is 3. The molecule has 5 aromatic rings. The van der Waals surface area contributed by atoms with Crippen LogP contribution in [0.15, 0.2) is 127 Å². The summed E-state index contributed by atoms with van der Waals surface area (Å²) in [5.41, 5.74) is 6.73. The zero-order chi connectivity index (χ0) is 27.0. The minimum Gasteiger partial charge on any atom is -0.491 e. The Kier molecular flexibility index (Phi) is 8.22. The van der Waals surface area contributed by atoms with Crippen molar-refractivity contribution in [3.8, 4) is 28.4 Å². The second-order valence-electron chi connectivity index (χ2n) is 9.30. The van der Waals surface area contributed by atoms with Crippen molar-refractivity contribution in [3.05, 3.63) is 133 Å². The minimum atomic E-state index is -0.902. The molecule has 0 aliphatic rings. The van der Waals surface area contributed by atoms with Gasteiger partial charge in [-0.25, -0.2) is 0 Å². The summed E-state index contributed by atoms with van der Waals surface area (Å²) in [6.07, 6.45) is -0.902. The highest BCUT2D eigenvalue weighted by atomic mass is 16.5. The van der Waals surface area contributed by atoms with E-state index in [1.807, 2.05) is 42.5 Å². The number of hydrogen-bond acceptors (Lipinski definition) is 5. The van der Waals surface area contributed by atoms with Crippen LogP contribution in [0.5, 0.6) is 17.2 Å². The van der Waals surface area contributed by atoms with E-state index in [-0.39, 0.29) is 13.2 Å². The predicted molar refractivity (Wildman–Crippen MR) is 156 cm³/mol. The van der Waals surface area contributed by atoms with E-state index >= 15 is 0 Å². The SMILES string of the molecule is Cc1ccc(N(c2ccc(Oc3ccc(OCC(O)CO)cc3)cc2)c2ccc(-c3ccccc3)cc2)cc1. The molecule has 0 radical (unpaired) electrons. The summed E-state index contributed by atoms with van der Waals surface area (Å²) >= 11 is 0. The largest absolute Gasteiger partial charge is 0.491 e. The van der Waals surface area contributed by atoms with Gasteiger partial charge < -0.3 is 24.6 Å². The van der Waals surface area contributed by atoms with E-state index in [1.165, 1.54) is 16.7 Å². The number of aliphatic hydroxyl groups is 2. The molecule has 0 saturated heterocycles. The third kappa shape index (κ3) is 6.65. The Morgan fingerprint density at radius 3 is 1.62 bits per heavy atom. The van der Waals surface area contributed by atoms with Crippen LogP contribution in [-0.4, -0.2) is 29.5 Å². The van der Waals surface area contributed by atoms with Gasteiger partial charge in [-0.3, -0.25) is 0 Å². The molecule has 39 heavy (non-hydrogen) atoms. The molecule has 5 aromatic carbocycles. The Balaban J connectivity index is 1.35. The van der Waals surface area contributed by atoms with E-state index in [0.29, 0.717) is 17.2 Å². The average molecular weight is 518 g/mol. The van der Waals surface area contributed by atoms with Crippen molar-refractivity contribution < 1.29 is 19.7 Å². The van der Waals surface area contributed by atoms with Crippen LogP contribution in [0.4, 0.5) is 17.1 Å². The summed E-state index contributed by atoms with van der Waals surface area (Å²) in [4.78, 5) is 2.23. The number of hydrogen-bond donors (Lipinski definition) is 2. The molecule has 0 heterocycles. The average Bonchev–Trinajstić information content (AvgIpc) is 2.99. The van der Waals surface area contributed by atoms with Crippen LogP contribution in [0.2, 0.25) is 0 Å². The topological polar surface area (TPSA) is 62.2 Å². The van der Waals surface area contributed by atoms with Gasteiger partial charge in [0.05, 0.1) is 6.61 Å². The number of rotatable bonds is 10. The summed E-state index contributed by atoms with van der Waals surface area (Å²) in [5.74, 6) is 1.98. The smallest absolute Gasteiger partial charge is 0.127 e. The fourth-order valence-electron chi connectivity index (χ4n) is 4.22. The molecule has 5 rings (SSSR count).